The Hall–Kier alpha value is -1.74. The summed E-state index contributed by atoms with van der Waals surface area (Å²) >= 11 is 0. The first kappa shape index (κ1) is 13.7. The lowest BCUT2D eigenvalue weighted by molar-refractivity contribution is -0.0188. The lowest BCUT2D eigenvalue weighted by Crippen LogP contribution is -2.33. The summed E-state index contributed by atoms with van der Waals surface area (Å²) in [7, 11) is 0. The molecular weight excluding hydrogens is 236 g/mol. The maximum absolute atomic E-state index is 10.9. The normalized spacial score (nSPS) is 14.3. The van der Waals surface area contributed by atoms with E-state index >= 15 is 0 Å². The van der Waals surface area contributed by atoms with Gasteiger partial charge in [-0.25, -0.2) is 9.97 Å². The molecule has 0 saturated heterocycles. The highest BCUT2D eigenvalue weighted by Crippen LogP contribution is 2.33. The Bertz CT molecular complexity index is 499. The number of hydrogen-bond donors (Lipinski definition) is 1. The number of nitrogens with zero attached hydrogens (tertiary/aromatic N) is 2. The van der Waals surface area contributed by atoms with Crippen molar-refractivity contribution in [3.05, 3.63) is 60.2 Å². The fourth-order valence-corrected chi connectivity index (χ4v) is 2.27. The third-order valence-corrected chi connectivity index (χ3v) is 3.65. The molecule has 1 heterocycles. The van der Waals surface area contributed by atoms with Crippen LogP contribution in [0.15, 0.2) is 49.1 Å². The fourth-order valence-electron chi connectivity index (χ4n) is 2.27. The summed E-state index contributed by atoms with van der Waals surface area (Å²) < 4.78 is 0. The van der Waals surface area contributed by atoms with E-state index < -0.39 is 5.60 Å². The predicted octanol–water partition coefficient (Wildman–Crippen LogP) is 2.95. The number of rotatable bonds is 5. The van der Waals surface area contributed by atoms with E-state index in [4.69, 9.17) is 0 Å². The highest BCUT2D eigenvalue weighted by molar-refractivity contribution is 5.19. The van der Waals surface area contributed by atoms with Crippen molar-refractivity contribution in [3.63, 3.8) is 0 Å². The summed E-state index contributed by atoms with van der Waals surface area (Å²) in [5.41, 5.74) is 1.15. The van der Waals surface area contributed by atoms with E-state index in [0.717, 1.165) is 12.0 Å². The molecule has 0 aliphatic rings. The van der Waals surface area contributed by atoms with Crippen molar-refractivity contribution in [2.75, 3.05) is 0 Å². The molecule has 2 aromatic rings. The third kappa shape index (κ3) is 3.18. The Morgan fingerprint density at radius 3 is 2.32 bits per heavy atom. The summed E-state index contributed by atoms with van der Waals surface area (Å²) in [4.78, 5) is 8.03. The van der Waals surface area contributed by atoms with Crippen LogP contribution in [0.25, 0.3) is 0 Å². The van der Waals surface area contributed by atoms with Crippen LogP contribution in [0.1, 0.15) is 31.4 Å². The van der Waals surface area contributed by atoms with Gasteiger partial charge in [-0.15, -0.1) is 0 Å². The first-order chi connectivity index (χ1) is 9.13. The molecule has 0 bridgehead atoms. The Morgan fingerprint density at radius 1 is 1.11 bits per heavy atom. The Balaban J connectivity index is 2.17. The summed E-state index contributed by atoms with van der Waals surface area (Å²) in [6.07, 6.45) is 6.41. The van der Waals surface area contributed by atoms with Gasteiger partial charge in [0.15, 0.2) is 0 Å². The molecule has 19 heavy (non-hydrogen) atoms. The highest BCUT2D eigenvalue weighted by atomic mass is 16.3. The first-order valence-corrected chi connectivity index (χ1v) is 6.64. The Kier molecular flexibility index (Phi) is 4.27. The molecule has 1 aromatic carbocycles. The van der Waals surface area contributed by atoms with Gasteiger partial charge in [-0.1, -0.05) is 44.2 Å². The minimum absolute atomic E-state index is 0.113. The number of aromatic nitrogens is 2. The maximum Gasteiger partial charge on any atom is 0.115 e. The van der Waals surface area contributed by atoms with Crippen LogP contribution >= 0.6 is 0 Å². The van der Waals surface area contributed by atoms with Crippen LogP contribution in [0.3, 0.4) is 0 Å². The van der Waals surface area contributed by atoms with Gasteiger partial charge < -0.3 is 5.11 Å². The van der Waals surface area contributed by atoms with Gasteiger partial charge in [0.2, 0.25) is 0 Å². The van der Waals surface area contributed by atoms with Crippen LogP contribution in [0, 0.1) is 5.92 Å². The Labute approximate surface area is 114 Å². The summed E-state index contributed by atoms with van der Waals surface area (Å²) in [5, 5.41) is 10.9. The molecule has 2 rings (SSSR count). The average Bonchev–Trinajstić information content (AvgIpc) is 2.46. The number of hydrogen-bond acceptors (Lipinski definition) is 3. The van der Waals surface area contributed by atoms with E-state index in [1.165, 1.54) is 11.9 Å². The maximum atomic E-state index is 10.9. The lowest BCUT2D eigenvalue weighted by Gasteiger charge is -2.32. The zero-order chi connectivity index (χ0) is 13.7. The van der Waals surface area contributed by atoms with E-state index in [2.05, 4.69) is 22.1 Å². The molecule has 1 unspecified atom stereocenters. The van der Waals surface area contributed by atoms with E-state index in [-0.39, 0.29) is 5.92 Å². The Morgan fingerprint density at radius 2 is 1.74 bits per heavy atom. The SMILES string of the molecule is CC(C)C(O)(CCc1ccccc1)c1cncnc1. The van der Waals surface area contributed by atoms with Gasteiger partial charge in [-0.05, 0) is 24.3 Å². The van der Waals surface area contributed by atoms with Crippen molar-refractivity contribution >= 4 is 0 Å². The molecule has 0 fully saturated rings. The van der Waals surface area contributed by atoms with Crippen LogP contribution in [0.2, 0.25) is 0 Å². The topological polar surface area (TPSA) is 46.0 Å². The van der Waals surface area contributed by atoms with Crippen molar-refractivity contribution in [2.24, 2.45) is 5.92 Å². The van der Waals surface area contributed by atoms with Crippen molar-refractivity contribution in [2.45, 2.75) is 32.3 Å². The lowest BCUT2D eigenvalue weighted by atomic mass is 9.80. The first-order valence-electron chi connectivity index (χ1n) is 6.64. The van der Waals surface area contributed by atoms with Crippen LogP contribution in [0.4, 0.5) is 0 Å². The average molecular weight is 256 g/mol. The quantitative estimate of drug-likeness (QED) is 0.894. The molecule has 1 aromatic heterocycles. The number of benzene rings is 1. The zero-order valence-electron chi connectivity index (χ0n) is 11.5. The van der Waals surface area contributed by atoms with Crippen LogP contribution in [0.5, 0.6) is 0 Å². The van der Waals surface area contributed by atoms with Crippen molar-refractivity contribution in [3.8, 4) is 0 Å². The summed E-state index contributed by atoms with van der Waals surface area (Å²) in [6, 6.07) is 10.2. The van der Waals surface area contributed by atoms with Gasteiger partial charge in [0.25, 0.3) is 0 Å². The zero-order valence-corrected chi connectivity index (χ0v) is 11.5. The molecule has 0 aliphatic carbocycles. The van der Waals surface area contributed by atoms with Crippen LogP contribution in [-0.2, 0) is 12.0 Å². The molecule has 0 radical (unpaired) electrons. The van der Waals surface area contributed by atoms with Crippen molar-refractivity contribution < 1.29 is 5.11 Å². The van der Waals surface area contributed by atoms with Crippen molar-refractivity contribution in [1.82, 2.24) is 9.97 Å². The highest BCUT2D eigenvalue weighted by Gasteiger charge is 2.33. The second kappa shape index (κ2) is 5.93. The number of aliphatic hydroxyl groups is 1. The second-order valence-electron chi connectivity index (χ2n) is 5.19. The molecule has 100 valence electrons. The molecule has 0 amide bonds. The van der Waals surface area contributed by atoms with Crippen LogP contribution in [-0.4, -0.2) is 15.1 Å². The third-order valence-electron chi connectivity index (χ3n) is 3.65. The molecule has 0 saturated carbocycles. The van der Waals surface area contributed by atoms with E-state index in [1.807, 2.05) is 32.0 Å². The van der Waals surface area contributed by atoms with Gasteiger partial charge in [-0.3, -0.25) is 0 Å². The van der Waals surface area contributed by atoms with E-state index in [9.17, 15) is 5.11 Å². The summed E-state index contributed by atoms with van der Waals surface area (Å²) in [5.74, 6) is 0.113. The molecule has 1 atom stereocenters. The fraction of sp³-hybridized carbons (Fsp3) is 0.375. The van der Waals surface area contributed by atoms with Crippen molar-refractivity contribution in [1.29, 1.82) is 0 Å². The monoisotopic (exact) mass is 256 g/mol. The van der Waals surface area contributed by atoms with E-state index in [0.29, 0.717) is 6.42 Å². The van der Waals surface area contributed by atoms with Crippen LogP contribution < -0.4 is 0 Å². The molecule has 3 heteroatoms. The van der Waals surface area contributed by atoms with E-state index in [1.54, 1.807) is 12.4 Å². The van der Waals surface area contributed by atoms with Gasteiger partial charge in [0, 0.05) is 18.0 Å². The minimum Gasteiger partial charge on any atom is -0.385 e. The predicted molar refractivity (Wildman–Crippen MR) is 75.5 cm³/mol. The van der Waals surface area contributed by atoms with Gasteiger partial charge in [-0.2, -0.15) is 0 Å². The van der Waals surface area contributed by atoms with Gasteiger partial charge in [0.1, 0.15) is 6.33 Å². The summed E-state index contributed by atoms with van der Waals surface area (Å²) in [6.45, 7) is 4.05. The molecule has 3 nitrogen and oxygen atoms in total. The molecule has 0 spiro atoms. The largest absolute Gasteiger partial charge is 0.385 e. The second-order valence-corrected chi connectivity index (χ2v) is 5.19. The molecule has 1 N–H and O–H groups in total. The smallest absolute Gasteiger partial charge is 0.115 e. The standard InChI is InChI=1S/C16H20N2O/c1-13(2)16(19,15-10-17-12-18-11-15)9-8-14-6-4-3-5-7-14/h3-7,10-13,19H,8-9H2,1-2H3. The van der Waals surface area contributed by atoms with Gasteiger partial charge in [0.05, 0.1) is 5.60 Å². The minimum atomic E-state index is -0.878. The molecular formula is C16H20N2O. The van der Waals surface area contributed by atoms with Gasteiger partial charge >= 0.3 is 0 Å². The molecule has 0 aliphatic heterocycles. The number of aryl methyl sites for hydroxylation is 1.